The summed E-state index contributed by atoms with van der Waals surface area (Å²) < 4.78 is 0. The fourth-order valence-corrected chi connectivity index (χ4v) is 2.99. The second-order valence-electron chi connectivity index (χ2n) is 5.36. The van der Waals surface area contributed by atoms with E-state index in [0.717, 1.165) is 41.9 Å². The second-order valence-corrected chi connectivity index (χ2v) is 5.77. The van der Waals surface area contributed by atoms with Gasteiger partial charge in [0.05, 0.1) is 0 Å². The van der Waals surface area contributed by atoms with Crippen molar-refractivity contribution in [3.8, 4) is 0 Å². The summed E-state index contributed by atoms with van der Waals surface area (Å²) in [5.74, 6) is 0.000668. The zero-order chi connectivity index (χ0) is 15.0. The van der Waals surface area contributed by atoms with E-state index in [9.17, 15) is 4.79 Å². The van der Waals surface area contributed by atoms with Crippen molar-refractivity contribution in [2.75, 3.05) is 17.2 Å². The summed E-state index contributed by atoms with van der Waals surface area (Å²) in [6.45, 7) is 2.60. The first-order chi connectivity index (χ1) is 10.1. The van der Waals surface area contributed by atoms with Gasteiger partial charge in [0.25, 0.3) is 5.91 Å². The first kappa shape index (κ1) is 14.0. The minimum absolute atomic E-state index is 0.000668. The van der Waals surface area contributed by atoms with Gasteiger partial charge in [0.1, 0.15) is 0 Å². The lowest BCUT2D eigenvalue weighted by Crippen LogP contribution is -2.35. The van der Waals surface area contributed by atoms with Crippen molar-refractivity contribution in [3.63, 3.8) is 0 Å². The Morgan fingerprint density at radius 2 is 2.10 bits per heavy atom. The maximum atomic E-state index is 12.9. The number of carbonyl (C=O) groups is 1. The summed E-state index contributed by atoms with van der Waals surface area (Å²) in [6, 6.07) is 11.2. The van der Waals surface area contributed by atoms with Gasteiger partial charge in [0.15, 0.2) is 0 Å². The zero-order valence-electron chi connectivity index (χ0n) is 11.9. The molecule has 0 radical (unpaired) electrons. The summed E-state index contributed by atoms with van der Waals surface area (Å²) in [7, 11) is 0. The van der Waals surface area contributed by atoms with E-state index in [0.29, 0.717) is 10.6 Å². The molecule has 0 spiro atoms. The van der Waals surface area contributed by atoms with Gasteiger partial charge in [0.2, 0.25) is 0 Å². The summed E-state index contributed by atoms with van der Waals surface area (Å²) in [5, 5.41) is 0.621. The number of hydrogen-bond donors (Lipinski definition) is 1. The number of carbonyl (C=O) groups excluding carboxylic acids is 1. The molecule has 0 fully saturated rings. The van der Waals surface area contributed by atoms with Gasteiger partial charge in [-0.15, -0.1) is 0 Å². The van der Waals surface area contributed by atoms with Gasteiger partial charge in [-0.05, 0) is 61.2 Å². The summed E-state index contributed by atoms with van der Waals surface area (Å²) in [4.78, 5) is 14.7. The Morgan fingerprint density at radius 1 is 1.29 bits per heavy atom. The highest BCUT2D eigenvalue weighted by atomic mass is 35.5. The van der Waals surface area contributed by atoms with Gasteiger partial charge in [-0.25, -0.2) is 0 Å². The van der Waals surface area contributed by atoms with Crippen molar-refractivity contribution in [3.05, 3.63) is 58.1 Å². The molecule has 108 valence electrons. The number of halogens is 1. The van der Waals surface area contributed by atoms with Crippen LogP contribution in [0.25, 0.3) is 0 Å². The highest BCUT2D eigenvalue weighted by Crippen LogP contribution is 2.31. The number of nitrogen functional groups attached to an aromatic ring is 1. The number of rotatable bonds is 1. The minimum atomic E-state index is 0.000668. The molecular formula is C17H17ClN2O. The van der Waals surface area contributed by atoms with Crippen LogP contribution >= 0.6 is 11.6 Å². The molecule has 2 aromatic rings. The Morgan fingerprint density at radius 3 is 2.90 bits per heavy atom. The smallest absolute Gasteiger partial charge is 0.258 e. The number of benzene rings is 2. The van der Waals surface area contributed by atoms with Crippen molar-refractivity contribution < 1.29 is 4.79 Å². The molecule has 0 atom stereocenters. The van der Waals surface area contributed by atoms with Crippen molar-refractivity contribution in [1.29, 1.82) is 0 Å². The quantitative estimate of drug-likeness (QED) is 0.814. The predicted molar refractivity (Wildman–Crippen MR) is 87.0 cm³/mol. The first-order valence-corrected chi connectivity index (χ1v) is 7.41. The Hall–Kier alpha value is -2.00. The fraction of sp³-hybridized carbons (Fsp3) is 0.235. The van der Waals surface area contributed by atoms with Crippen LogP contribution in [0.1, 0.15) is 27.9 Å². The van der Waals surface area contributed by atoms with Crippen molar-refractivity contribution in [2.24, 2.45) is 0 Å². The van der Waals surface area contributed by atoms with Crippen molar-refractivity contribution in [2.45, 2.75) is 19.8 Å². The van der Waals surface area contributed by atoms with E-state index in [1.54, 1.807) is 6.07 Å². The molecule has 1 aliphatic heterocycles. The largest absolute Gasteiger partial charge is 0.399 e. The van der Waals surface area contributed by atoms with Crippen LogP contribution in [0.15, 0.2) is 36.4 Å². The van der Waals surface area contributed by atoms with E-state index in [1.165, 1.54) is 0 Å². The highest BCUT2D eigenvalue weighted by Gasteiger charge is 2.24. The van der Waals surface area contributed by atoms with Crippen LogP contribution < -0.4 is 10.6 Å². The SMILES string of the molecule is Cc1c(Cl)cccc1C(=O)N1CCCc2cc(N)ccc21. The predicted octanol–water partition coefficient (Wildman–Crippen LogP) is 3.82. The molecule has 0 saturated carbocycles. The van der Waals surface area contributed by atoms with Crippen molar-refractivity contribution >= 4 is 28.9 Å². The molecule has 1 amide bonds. The van der Waals surface area contributed by atoms with E-state index < -0.39 is 0 Å². The van der Waals surface area contributed by atoms with Gasteiger partial charge in [0, 0.05) is 28.5 Å². The maximum Gasteiger partial charge on any atom is 0.258 e. The molecule has 0 unspecified atom stereocenters. The number of fused-ring (bicyclic) bond motifs is 1. The molecule has 3 rings (SSSR count). The molecule has 21 heavy (non-hydrogen) atoms. The Kier molecular flexibility index (Phi) is 3.60. The topological polar surface area (TPSA) is 46.3 Å². The lowest BCUT2D eigenvalue weighted by Gasteiger charge is -2.30. The second kappa shape index (κ2) is 5.41. The molecule has 0 saturated heterocycles. The zero-order valence-corrected chi connectivity index (χ0v) is 12.7. The van der Waals surface area contributed by atoms with Crippen LogP contribution in [0.4, 0.5) is 11.4 Å². The molecule has 2 N–H and O–H groups in total. The summed E-state index contributed by atoms with van der Waals surface area (Å²) in [5.41, 5.74) is 10.2. The summed E-state index contributed by atoms with van der Waals surface area (Å²) >= 11 is 6.13. The third-order valence-corrected chi connectivity index (χ3v) is 4.37. The average molecular weight is 301 g/mol. The normalized spacial score (nSPS) is 13.9. The number of hydrogen-bond acceptors (Lipinski definition) is 2. The van der Waals surface area contributed by atoms with E-state index in [1.807, 2.05) is 42.2 Å². The highest BCUT2D eigenvalue weighted by molar-refractivity contribution is 6.32. The fourth-order valence-electron chi connectivity index (χ4n) is 2.81. The van der Waals surface area contributed by atoms with E-state index in [4.69, 9.17) is 17.3 Å². The standard InChI is InChI=1S/C17H17ClN2O/c1-11-14(5-2-6-15(11)18)17(21)20-9-3-4-12-10-13(19)7-8-16(12)20/h2,5-8,10H,3-4,9,19H2,1H3. The molecule has 1 aliphatic rings. The van der Waals surface area contributed by atoms with Crippen LogP contribution in [-0.2, 0) is 6.42 Å². The number of amides is 1. The Balaban J connectivity index is 2.02. The third-order valence-electron chi connectivity index (χ3n) is 3.97. The van der Waals surface area contributed by atoms with Crippen LogP contribution in [0.5, 0.6) is 0 Å². The van der Waals surface area contributed by atoms with E-state index in [-0.39, 0.29) is 5.91 Å². The molecule has 0 aromatic heterocycles. The number of anilines is 2. The number of nitrogens with two attached hydrogens (primary N) is 1. The lowest BCUT2D eigenvalue weighted by molar-refractivity contribution is 0.0984. The lowest BCUT2D eigenvalue weighted by atomic mass is 9.99. The molecule has 2 aromatic carbocycles. The first-order valence-electron chi connectivity index (χ1n) is 7.03. The number of aryl methyl sites for hydroxylation is 1. The molecule has 0 bridgehead atoms. The molecule has 3 nitrogen and oxygen atoms in total. The van der Waals surface area contributed by atoms with Gasteiger partial charge in [-0.1, -0.05) is 17.7 Å². The van der Waals surface area contributed by atoms with E-state index >= 15 is 0 Å². The Bertz CT molecular complexity index is 712. The van der Waals surface area contributed by atoms with E-state index in [2.05, 4.69) is 0 Å². The minimum Gasteiger partial charge on any atom is -0.399 e. The van der Waals surface area contributed by atoms with Crippen LogP contribution in [0.3, 0.4) is 0 Å². The molecule has 4 heteroatoms. The van der Waals surface area contributed by atoms with Gasteiger partial charge >= 0.3 is 0 Å². The van der Waals surface area contributed by atoms with Crippen LogP contribution in [0, 0.1) is 6.92 Å². The Labute approximate surface area is 129 Å². The molecule has 1 heterocycles. The van der Waals surface area contributed by atoms with Crippen LogP contribution in [0.2, 0.25) is 5.02 Å². The monoisotopic (exact) mass is 300 g/mol. The molecule has 0 aliphatic carbocycles. The average Bonchev–Trinajstić information content (AvgIpc) is 2.48. The summed E-state index contributed by atoms with van der Waals surface area (Å²) in [6.07, 6.45) is 1.90. The van der Waals surface area contributed by atoms with Crippen molar-refractivity contribution in [1.82, 2.24) is 0 Å². The van der Waals surface area contributed by atoms with Crippen LogP contribution in [-0.4, -0.2) is 12.5 Å². The van der Waals surface area contributed by atoms with Gasteiger partial charge < -0.3 is 10.6 Å². The van der Waals surface area contributed by atoms with Gasteiger partial charge in [-0.2, -0.15) is 0 Å². The third kappa shape index (κ3) is 2.49. The maximum absolute atomic E-state index is 12.9. The number of nitrogens with zero attached hydrogens (tertiary/aromatic N) is 1. The van der Waals surface area contributed by atoms with Gasteiger partial charge in [-0.3, -0.25) is 4.79 Å². The molecular weight excluding hydrogens is 284 g/mol.